The van der Waals surface area contributed by atoms with Crippen LogP contribution in [0.4, 0.5) is 4.79 Å². The summed E-state index contributed by atoms with van der Waals surface area (Å²) in [7, 11) is 1.69. The van der Waals surface area contributed by atoms with Gasteiger partial charge in [-0.25, -0.2) is 9.59 Å². The zero-order valence-electron chi connectivity index (χ0n) is 14.0. The molecule has 3 N–H and O–H groups in total. The molecule has 2 amide bonds. The number of urea groups is 1. The second-order valence-corrected chi connectivity index (χ2v) is 6.74. The number of aromatic carboxylic acids is 1. The summed E-state index contributed by atoms with van der Waals surface area (Å²) in [4.78, 5) is 22.8. The molecule has 126 valence electrons. The molecule has 0 aliphatic heterocycles. The Balaban J connectivity index is 1.83. The molecule has 1 aromatic rings. The van der Waals surface area contributed by atoms with E-state index in [0.29, 0.717) is 6.54 Å². The molecule has 23 heavy (non-hydrogen) atoms. The van der Waals surface area contributed by atoms with Gasteiger partial charge in [0.05, 0.1) is 11.2 Å². The van der Waals surface area contributed by atoms with Crippen LogP contribution in [0, 0.1) is 5.41 Å². The fourth-order valence-corrected chi connectivity index (χ4v) is 2.88. The highest BCUT2D eigenvalue weighted by Crippen LogP contribution is 2.51. The third kappa shape index (κ3) is 3.32. The van der Waals surface area contributed by atoms with Crippen molar-refractivity contribution in [2.24, 2.45) is 5.41 Å². The van der Waals surface area contributed by atoms with Crippen LogP contribution in [0.1, 0.15) is 43.1 Å². The van der Waals surface area contributed by atoms with E-state index in [1.54, 1.807) is 19.2 Å². The second kappa shape index (κ2) is 6.20. The van der Waals surface area contributed by atoms with E-state index in [2.05, 4.69) is 24.5 Å². The lowest BCUT2D eigenvalue weighted by Gasteiger charge is -2.59. The molecule has 0 spiro atoms. The molecular formula is C17H24N2O4. The van der Waals surface area contributed by atoms with Crippen LogP contribution in [0.15, 0.2) is 24.3 Å². The quantitative estimate of drug-likeness (QED) is 0.777. The van der Waals surface area contributed by atoms with E-state index >= 15 is 0 Å². The summed E-state index contributed by atoms with van der Waals surface area (Å²) in [5.41, 5.74) is 0.716. The molecule has 0 bridgehead atoms. The minimum Gasteiger partial charge on any atom is -0.478 e. The van der Waals surface area contributed by atoms with Crippen molar-refractivity contribution in [3.8, 4) is 0 Å². The average Bonchev–Trinajstić information content (AvgIpc) is 2.52. The normalized spacial score (nSPS) is 25.3. The highest BCUT2D eigenvalue weighted by molar-refractivity contribution is 5.87. The summed E-state index contributed by atoms with van der Waals surface area (Å²) < 4.78 is 5.54. The predicted octanol–water partition coefficient (Wildman–Crippen LogP) is 2.39. The highest BCUT2D eigenvalue weighted by atomic mass is 16.5. The Morgan fingerprint density at radius 2 is 1.87 bits per heavy atom. The van der Waals surface area contributed by atoms with Gasteiger partial charge in [-0.05, 0) is 31.0 Å². The van der Waals surface area contributed by atoms with Crippen molar-refractivity contribution < 1.29 is 19.4 Å². The minimum atomic E-state index is -0.962. The first-order valence-electron chi connectivity index (χ1n) is 7.61. The van der Waals surface area contributed by atoms with E-state index in [4.69, 9.17) is 9.84 Å². The van der Waals surface area contributed by atoms with Gasteiger partial charge in [0.2, 0.25) is 0 Å². The Labute approximate surface area is 136 Å². The minimum absolute atomic E-state index is 0.0573. The van der Waals surface area contributed by atoms with Gasteiger partial charge in [-0.2, -0.15) is 0 Å². The largest absolute Gasteiger partial charge is 0.478 e. The van der Waals surface area contributed by atoms with E-state index in [1.807, 2.05) is 6.92 Å². The predicted molar refractivity (Wildman–Crippen MR) is 86.4 cm³/mol. The van der Waals surface area contributed by atoms with Gasteiger partial charge in [0, 0.05) is 25.1 Å². The van der Waals surface area contributed by atoms with Gasteiger partial charge in [-0.1, -0.05) is 26.0 Å². The van der Waals surface area contributed by atoms with E-state index in [9.17, 15) is 9.59 Å². The molecule has 0 aromatic heterocycles. The molecule has 0 radical (unpaired) electrons. The first kappa shape index (κ1) is 17.3. The summed E-state index contributed by atoms with van der Waals surface area (Å²) in [6, 6.07) is 6.26. The Hall–Kier alpha value is -2.08. The third-order valence-electron chi connectivity index (χ3n) is 5.24. The monoisotopic (exact) mass is 320 g/mol. The molecular weight excluding hydrogens is 296 g/mol. The molecule has 1 fully saturated rings. The average molecular weight is 320 g/mol. The molecule has 2 atom stereocenters. The topological polar surface area (TPSA) is 87.7 Å². The van der Waals surface area contributed by atoms with Crippen molar-refractivity contribution in [3.05, 3.63) is 35.4 Å². The molecule has 1 aliphatic carbocycles. The van der Waals surface area contributed by atoms with Crippen molar-refractivity contribution in [1.29, 1.82) is 0 Å². The summed E-state index contributed by atoms with van der Waals surface area (Å²) in [6.07, 6.45) is 0.775. The molecule has 0 heterocycles. The number of carbonyl (C=O) groups excluding carboxylic acids is 1. The number of rotatable bonds is 5. The molecule has 6 heteroatoms. The summed E-state index contributed by atoms with van der Waals surface area (Å²) >= 11 is 0. The lowest BCUT2D eigenvalue weighted by atomic mass is 9.56. The van der Waals surface area contributed by atoms with Gasteiger partial charge in [-0.3, -0.25) is 0 Å². The molecule has 2 rings (SSSR count). The number of carboxylic acid groups (broad SMARTS) is 1. The van der Waals surface area contributed by atoms with Crippen molar-refractivity contribution in [3.63, 3.8) is 0 Å². The molecule has 6 nitrogen and oxygen atoms in total. The van der Waals surface area contributed by atoms with Crippen molar-refractivity contribution in [2.45, 2.75) is 45.4 Å². The maximum atomic E-state index is 12.0. The highest BCUT2D eigenvalue weighted by Gasteiger charge is 2.58. The first-order valence-corrected chi connectivity index (χ1v) is 7.61. The van der Waals surface area contributed by atoms with E-state index in [-0.39, 0.29) is 28.7 Å². The number of amides is 2. The Morgan fingerprint density at radius 3 is 2.35 bits per heavy atom. The van der Waals surface area contributed by atoms with E-state index in [0.717, 1.165) is 12.0 Å². The zero-order valence-corrected chi connectivity index (χ0v) is 14.0. The Bertz CT molecular complexity index is 597. The van der Waals surface area contributed by atoms with Crippen LogP contribution in [-0.4, -0.2) is 35.9 Å². The Kier molecular flexibility index (Phi) is 4.66. The van der Waals surface area contributed by atoms with Crippen LogP contribution < -0.4 is 10.6 Å². The lowest BCUT2D eigenvalue weighted by molar-refractivity contribution is -0.177. The number of methoxy groups -OCH3 is 1. The number of hydrogen-bond donors (Lipinski definition) is 3. The number of hydrogen-bond acceptors (Lipinski definition) is 3. The van der Waals surface area contributed by atoms with E-state index < -0.39 is 5.97 Å². The maximum absolute atomic E-state index is 12.0. The first-order chi connectivity index (χ1) is 10.7. The van der Waals surface area contributed by atoms with Crippen LogP contribution in [-0.2, 0) is 11.3 Å². The number of benzene rings is 1. The number of ether oxygens (including phenoxy) is 1. The van der Waals surface area contributed by atoms with Crippen LogP contribution in [0.2, 0.25) is 0 Å². The van der Waals surface area contributed by atoms with Gasteiger partial charge >= 0.3 is 12.0 Å². The standard InChI is InChI=1S/C17H24N2O4/c1-16(2)13(9-17(16,3)23-4)19-15(22)18-10-11-5-7-12(8-6-11)14(20)21/h5-8,13H,9-10H2,1-4H3,(H,20,21)(H2,18,19,22). The van der Waals surface area contributed by atoms with E-state index in [1.165, 1.54) is 12.1 Å². The van der Waals surface area contributed by atoms with Gasteiger partial charge in [0.15, 0.2) is 0 Å². The molecule has 1 saturated carbocycles. The van der Waals surface area contributed by atoms with Gasteiger partial charge < -0.3 is 20.5 Å². The van der Waals surface area contributed by atoms with Crippen molar-refractivity contribution in [2.75, 3.05) is 7.11 Å². The fraction of sp³-hybridized carbons (Fsp3) is 0.529. The van der Waals surface area contributed by atoms with Gasteiger partial charge in [-0.15, -0.1) is 0 Å². The number of nitrogens with one attached hydrogen (secondary N) is 2. The zero-order chi connectivity index (χ0) is 17.3. The fourth-order valence-electron chi connectivity index (χ4n) is 2.88. The molecule has 0 saturated heterocycles. The lowest BCUT2D eigenvalue weighted by Crippen LogP contribution is -2.69. The van der Waals surface area contributed by atoms with Crippen LogP contribution in [0.25, 0.3) is 0 Å². The van der Waals surface area contributed by atoms with Crippen LogP contribution >= 0.6 is 0 Å². The van der Waals surface area contributed by atoms with Crippen molar-refractivity contribution in [1.82, 2.24) is 10.6 Å². The summed E-state index contributed by atoms with van der Waals surface area (Å²) in [5, 5.41) is 14.6. The number of carbonyl (C=O) groups is 2. The maximum Gasteiger partial charge on any atom is 0.335 e. The van der Waals surface area contributed by atoms with Crippen LogP contribution in [0.5, 0.6) is 0 Å². The Morgan fingerprint density at radius 1 is 1.26 bits per heavy atom. The SMILES string of the molecule is COC1(C)CC(NC(=O)NCc2ccc(C(=O)O)cc2)C1(C)C. The van der Waals surface area contributed by atoms with Crippen LogP contribution in [0.3, 0.4) is 0 Å². The van der Waals surface area contributed by atoms with Gasteiger partial charge in [0.1, 0.15) is 0 Å². The molecule has 1 aromatic carbocycles. The molecule has 1 aliphatic rings. The third-order valence-corrected chi connectivity index (χ3v) is 5.24. The van der Waals surface area contributed by atoms with Crippen molar-refractivity contribution >= 4 is 12.0 Å². The smallest absolute Gasteiger partial charge is 0.335 e. The molecule has 2 unspecified atom stereocenters. The number of carboxylic acids is 1. The van der Waals surface area contributed by atoms with Gasteiger partial charge in [0.25, 0.3) is 0 Å². The summed E-state index contributed by atoms with van der Waals surface area (Å²) in [5.74, 6) is -0.962. The second-order valence-electron chi connectivity index (χ2n) is 6.74. The summed E-state index contributed by atoms with van der Waals surface area (Å²) in [6.45, 7) is 6.55.